The first-order chi connectivity index (χ1) is 17.9. The Morgan fingerprint density at radius 1 is 1.00 bits per heavy atom. The highest BCUT2D eigenvalue weighted by molar-refractivity contribution is 6.13. The van der Waals surface area contributed by atoms with Gasteiger partial charge in [0.2, 0.25) is 5.60 Å². The smallest absolute Gasteiger partial charge is 0.345 e. The standard InChI is InChI=1S/C29H38O10/c1-14(30)37-17-10-11-29-16-13-26(5)27(6,21(32)28(7,39-26)22(33)36-9)19(20(31)35-8)25(16,4)12-15(38-23(29)34)18(29)24(17,2)3/h13,15,17-19H,10-12H2,1-9H3/t15-,17-,18+,19-,25-,26+,27+,28+,29+/m0/s1. The van der Waals surface area contributed by atoms with Gasteiger partial charge >= 0.3 is 23.9 Å². The summed E-state index contributed by atoms with van der Waals surface area (Å²) in [7, 11) is 2.44. The van der Waals surface area contributed by atoms with Crippen LogP contribution in [0.2, 0.25) is 0 Å². The number of Topliss-reactive ketones (excluding diaryl/α,β-unsaturated/α-hetero) is 1. The average molecular weight is 547 g/mol. The molecule has 0 spiro atoms. The van der Waals surface area contributed by atoms with Gasteiger partial charge in [-0.25, -0.2) is 4.79 Å². The van der Waals surface area contributed by atoms with Gasteiger partial charge in [0.1, 0.15) is 12.2 Å². The fourth-order valence-electron chi connectivity index (χ4n) is 9.39. The normalized spacial score (nSPS) is 47.2. The lowest BCUT2D eigenvalue weighted by Crippen LogP contribution is -2.67. The highest BCUT2D eigenvalue weighted by Gasteiger charge is 2.82. The van der Waals surface area contributed by atoms with Gasteiger partial charge in [-0.1, -0.05) is 26.8 Å². The summed E-state index contributed by atoms with van der Waals surface area (Å²) in [6.45, 7) is 11.9. The van der Waals surface area contributed by atoms with E-state index in [1.165, 1.54) is 28.1 Å². The quantitative estimate of drug-likeness (QED) is 0.225. The first-order valence-electron chi connectivity index (χ1n) is 13.4. The van der Waals surface area contributed by atoms with Gasteiger partial charge in [0.25, 0.3) is 0 Å². The summed E-state index contributed by atoms with van der Waals surface area (Å²) < 4.78 is 28.4. The van der Waals surface area contributed by atoms with E-state index in [4.69, 9.17) is 23.7 Å². The second-order valence-electron chi connectivity index (χ2n) is 13.3. The predicted molar refractivity (Wildman–Crippen MR) is 134 cm³/mol. The van der Waals surface area contributed by atoms with Crippen molar-refractivity contribution in [1.82, 2.24) is 0 Å². The maximum absolute atomic E-state index is 14.2. The molecule has 2 saturated carbocycles. The first-order valence-corrected chi connectivity index (χ1v) is 13.4. The van der Waals surface area contributed by atoms with Gasteiger partial charge in [-0.15, -0.1) is 0 Å². The van der Waals surface area contributed by atoms with Crippen molar-refractivity contribution < 1.29 is 47.7 Å². The van der Waals surface area contributed by atoms with Crippen LogP contribution in [0, 0.1) is 33.5 Å². The third kappa shape index (κ3) is 2.99. The largest absolute Gasteiger partial charge is 0.469 e. The highest BCUT2D eigenvalue weighted by atomic mass is 16.6. The Morgan fingerprint density at radius 3 is 2.21 bits per heavy atom. The van der Waals surface area contributed by atoms with Crippen molar-refractivity contribution in [2.75, 3.05) is 14.2 Å². The molecule has 2 bridgehead atoms. The topological polar surface area (TPSA) is 132 Å². The van der Waals surface area contributed by atoms with Crippen LogP contribution in [-0.2, 0) is 47.7 Å². The molecule has 39 heavy (non-hydrogen) atoms. The number of carbonyl (C=O) groups is 5. The van der Waals surface area contributed by atoms with Crippen LogP contribution in [0.1, 0.15) is 67.7 Å². The lowest BCUT2D eigenvalue weighted by molar-refractivity contribution is -0.187. The summed E-state index contributed by atoms with van der Waals surface area (Å²) in [6, 6.07) is 0. The molecule has 2 aliphatic heterocycles. The summed E-state index contributed by atoms with van der Waals surface area (Å²) >= 11 is 0. The average Bonchev–Trinajstić information content (AvgIpc) is 3.18. The van der Waals surface area contributed by atoms with Crippen LogP contribution in [0.5, 0.6) is 0 Å². The third-order valence-corrected chi connectivity index (χ3v) is 11.0. The number of fused-ring (bicyclic) bond motifs is 2. The lowest BCUT2D eigenvalue weighted by Gasteiger charge is -2.63. The number of methoxy groups -OCH3 is 2. The molecule has 0 aromatic carbocycles. The van der Waals surface area contributed by atoms with Crippen molar-refractivity contribution in [2.24, 2.45) is 33.5 Å². The van der Waals surface area contributed by atoms with Gasteiger partial charge in [0.15, 0.2) is 5.78 Å². The van der Waals surface area contributed by atoms with Crippen LogP contribution in [0.25, 0.3) is 0 Å². The summed E-state index contributed by atoms with van der Waals surface area (Å²) in [5.74, 6) is -4.28. The number of ketones is 1. The Balaban J connectivity index is 1.78. The van der Waals surface area contributed by atoms with Crippen LogP contribution in [0.3, 0.4) is 0 Å². The fourth-order valence-corrected chi connectivity index (χ4v) is 9.39. The molecule has 5 rings (SSSR count). The minimum absolute atomic E-state index is 0.251. The van der Waals surface area contributed by atoms with E-state index in [0.29, 0.717) is 18.4 Å². The van der Waals surface area contributed by atoms with Crippen molar-refractivity contribution in [3.63, 3.8) is 0 Å². The van der Waals surface area contributed by atoms with Crippen LogP contribution in [0.15, 0.2) is 11.6 Å². The van der Waals surface area contributed by atoms with Crippen LogP contribution in [0.4, 0.5) is 0 Å². The third-order valence-electron chi connectivity index (χ3n) is 11.0. The molecule has 214 valence electrons. The Morgan fingerprint density at radius 2 is 1.64 bits per heavy atom. The molecule has 2 saturated heterocycles. The number of hydrogen-bond donors (Lipinski definition) is 0. The molecule has 3 aliphatic carbocycles. The lowest BCUT2D eigenvalue weighted by atomic mass is 9.38. The molecular weight excluding hydrogens is 508 g/mol. The zero-order chi connectivity index (χ0) is 29.1. The fraction of sp³-hybridized carbons (Fsp3) is 0.759. The molecule has 0 N–H and O–H groups in total. The number of hydrogen-bond acceptors (Lipinski definition) is 10. The zero-order valence-corrected chi connectivity index (χ0v) is 24.1. The van der Waals surface area contributed by atoms with Crippen molar-refractivity contribution >= 4 is 29.7 Å². The minimum Gasteiger partial charge on any atom is -0.469 e. The molecule has 0 aromatic heterocycles. The second-order valence-corrected chi connectivity index (χ2v) is 13.3. The molecule has 0 radical (unpaired) electrons. The maximum atomic E-state index is 14.2. The monoisotopic (exact) mass is 546 g/mol. The van der Waals surface area contributed by atoms with Gasteiger partial charge in [-0.2, -0.15) is 0 Å². The van der Waals surface area contributed by atoms with E-state index >= 15 is 0 Å². The Hall–Kier alpha value is -2.75. The molecule has 9 atom stereocenters. The van der Waals surface area contributed by atoms with E-state index < -0.39 is 80.6 Å². The molecule has 0 unspecified atom stereocenters. The number of rotatable bonds is 3. The molecule has 0 aromatic rings. The summed E-state index contributed by atoms with van der Waals surface area (Å²) in [5.41, 5.74) is -7.08. The van der Waals surface area contributed by atoms with E-state index in [0.717, 1.165) is 0 Å². The van der Waals surface area contributed by atoms with E-state index in [9.17, 15) is 24.0 Å². The van der Waals surface area contributed by atoms with E-state index in [1.807, 2.05) is 20.8 Å². The minimum atomic E-state index is -1.96. The molecule has 4 fully saturated rings. The Kier molecular flexibility index (Phi) is 5.65. The van der Waals surface area contributed by atoms with Crippen LogP contribution in [-0.4, -0.2) is 67.3 Å². The van der Waals surface area contributed by atoms with Gasteiger partial charge in [0.05, 0.1) is 36.6 Å². The van der Waals surface area contributed by atoms with E-state index in [1.54, 1.807) is 19.9 Å². The summed E-state index contributed by atoms with van der Waals surface area (Å²) in [6.07, 6.45) is 1.78. The summed E-state index contributed by atoms with van der Waals surface area (Å²) in [4.78, 5) is 66.7. The van der Waals surface area contributed by atoms with E-state index in [2.05, 4.69) is 0 Å². The molecule has 5 aliphatic rings. The zero-order valence-electron chi connectivity index (χ0n) is 24.1. The van der Waals surface area contributed by atoms with Crippen molar-refractivity contribution in [3.8, 4) is 0 Å². The Labute approximate surface area is 228 Å². The van der Waals surface area contributed by atoms with Crippen molar-refractivity contribution in [1.29, 1.82) is 0 Å². The molecule has 2 heterocycles. The highest BCUT2D eigenvalue weighted by Crippen LogP contribution is 2.75. The van der Waals surface area contributed by atoms with Gasteiger partial charge in [0, 0.05) is 23.7 Å². The molecule has 10 nitrogen and oxygen atoms in total. The van der Waals surface area contributed by atoms with Crippen LogP contribution < -0.4 is 0 Å². The first kappa shape index (κ1) is 27.8. The van der Waals surface area contributed by atoms with Gasteiger partial charge < -0.3 is 23.7 Å². The van der Waals surface area contributed by atoms with Gasteiger partial charge in [-0.05, 0) is 45.6 Å². The molecular formula is C29H38O10. The molecule has 10 heteroatoms. The predicted octanol–water partition coefficient (Wildman–Crippen LogP) is 2.70. The van der Waals surface area contributed by atoms with Gasteiger partial charge in [-0.3, -0.25) is 19.2 Å². The summed E-state index contributed by atoms with van der Waals surface area (Å²) in [5, 5.41) is 0. The van der Waals surface area contributed by atoms with E-state index in [-0.39, 0.29) is 12.3 Å². The number of esters is 4. The number of carbonyl (C=O) groups excluding carboxylic acids is 5. The number of ether oxygens (including phenoxy) is 5. The van der Waals surface area contributed by atoms with Crippen molar-refractivity contribution in [2.45, 2.75) is 91.1 Å². The SMILES string of the molecule is COC(=O)[C@H]1[C@@]2(C)C[C@@H]3OC(=O)[C@]4(CC[C@H](OC(C)=O)C(C)(C)[C@@H]34)C2=C[C@@]2(C)O[C@@](C)(C(=O)OC)C(=O)[C@@]12C. The second kappa shape index (κ2) is 7.92. The van der Waals surface area contributed by atoms with Crippen LogP contribution >= 0.6 is 0 Å². The molecule has 0 amide bonds. The van der Waals surface area contributed by atoms with Crippen molar-refractivity contribution in [3.05, 3.63) is 11.6 Å². The maximum Gasteiger partial charge on any atom is 0.345 e. The Bertz CT molecular complexity index is 1230.